The summed E-state index contributed by atoms with van der Waals surface area (Å²) >= 11 is 0. The van der Waals surface area contributed by atoms with Crippen molar-refractivity contribution in [3.63, 3.8) is 0 Å². The molecule has 102 valence electrons. The van der Waals surface area contributed by atoms with E-state index in [1.54, 1.807) is 0 Å². The highest BCUT2D eigenvalue weighted by Crippen LogP contribution is 2.44. The number of rotatable bonds is 3. The lowest BCUT2D eigenvalue weighted by atomic mass is 9.63. The molecular weight excluding hydrogens is 236 g/mol. The van der Waals surface area contributed by atoms with Gasteiger partial charge in [0.15, 0.2) is 5.92 Å². The molecule has 0 amide bonds. The van der Waals surface area contributed by atoms with Crippen LogP contribution < -0.4 is 0 Å². The van der Waals surface area contributed by atoms with Gasteiger partial charge in [0.1, 0.15) is 5.78 Å². The van der Waals surface area contributed by atoms with Crippen molar-refractivity contribution in [2.24, 2.45) is 17.3 Å². The molecule has 0 radical (unpaired) electrons. The summed E-state index contributed by atoms with van der Waals surface area (Å²) in [5.74, 6) is -2.56. The first-order chi connectivity index (χ1) is 8.33. The van der Waals surface area contributed by atoms with Gasteiger partial charge in [-0.05, 0) is 17.8 Å². The predicted octanol–water partition coefficient (Wildman–Crippen LogP) is 1.34. The highest BCUT2D eigenvalue weighted by atomic mass is 16.5. The molecule has 0 aromatic heterocycles. The summed E-state index contributed by atoms with van der Waals surface area (Å²) < 4.78 is 9.33. The van der Waals surface area contributed by atoms with Crippen molar-refractivity contribution in [1.29, 1.82) is 0 Å². The Morgan fingerprint density at radius 3 is 2.17 bits per heavy atom. The number of ether oxygens (including phenoxy) is 2. The maximum atomic E-state index is 11.8. The molecule has 0 aromatic carbocycles. The summed E-state index contributed by atoms with van der Waals surface area (Å²) in [6.07, 6.45) is 1.39. The number of hydrogen-bond donors (Lipinski definition) is 0. The summed E-state index contributed by atoms with van der Waals surface area (Å²) in [5, 5.41) is 0. The fourth-order valence-corrected chi connectivity index (χ4v) is 2.52. The van der Waals surface area contributed by atoms with Crippen LogP contribution in [-0.2, 0) is 23.9 Å². The Kier molecular flexibility index (Phi) is 4.48. The highest BCUT2D eigenvalue weighted by Gasteiger charge is 2.47. The summed E-state index contributed by atoms with van der Waals surface area (Å²) in [4.78, 5) is 35.1. The minimum absolute atomic E-state index is 0.0807. The molecule has 18 heavy (non-hydrogen) atoms. The fourth-order valence-electron chi connectivity index (χ4n) is 2.52. The van der Waals surface area contributed by atoms with E-state index in [4.69, 9.17) is 0 Å². The van der Waals surface area contributed by atoms with Crippen LogP contribution in [0.2, 0.25) is 0 Å². The van der Waals surface area contributed by atoms with Gasteiger partial charge in [0, 0.05) is 12.8 Å². The van der Waals surface area contributed by atoms with E-state index in [9.17, 15) is 14.4 Å². The maximum absolute atomic E-state index is 11.8. The Hall–Kier alpha value is -1.39. The monoisotopic (exact) mass is 256 g/mol. The van der Waals surface area contributed by atoms with E-state index in [0.717, 1.165) is 0 Å². The van der Waals surface area contributed by atoms with Gasteiger partial charge in [0.2, 0.25) is 0 Å². The Morgan fingerprint density at radius 1 is 1.22 bits per heavy atom. The van der Waals surface area contributed by atoms with Crippen molar-refractivity contribution in [1.82, 2.24) is 0 Å². The number of hydrogen-bond acceptors (Lipinski definition) is 5. The van der Waals surface area contributed by atoms with Crippen molar-refractivity contribution in [2.75, 3.05) is 14.2 Å². The molecule has 1 saturated carbocycles. The average Bonchev–Trinajstić information content (AvgIpc) is 2.33. The van der Waals surface area contributed by atoms with Gasteiger partial charge in [0.25, 0.3) is 0 Å². The van der Waals surface area contributed by atoms with Gasteiger partial charge >= 0.3 is 11.9 Å². The number of ketones is 1. The molecule has 1 rings (SSSR count). The molecule has 1 aliphatic rings. The quantitative estimate of drug-likeness (QED) is 0.563. The number of methoxy groups -OCH3 is 2. The Morgan fingerprint density at radius 2 is 1.72 bits per heavy atom. The van der Waals surface area contributed by atoms with Crippen LogP contribution in [0.15, 0.2) is 0 Å². The third kappa shape index (κ3) is 2.89. The lowest BCUT2D eigenvalue weighted by Gasteiger charge is -2.40. The molecule has 1 atom stereocenters. The van der Waals surface area contributed by atoms with Crippen LogP contribution in [0.3, 0.4) is 0 Å². The lowest BCUT2D eigenvalue weighted by molar-refractivity contribution is -0.165. The van der Waals surface area contributed by atoms with E-state index in [0.29, 0.717) is 12.8 Å². The Bertz CT molecular complexity index is 342. The van der Waals surface area contributed by atoms with Gasteiger partial charge in [-0.25, -0.2) is 0 Å². The number of carbonyl (C=O) groups excluding carboxylic acids is 3. The van der Waals surface area contributed by atoms with E-state index in [1.165, 1.54) is 14.2 Å². The minimum Gasteiger partial charge on any atom is -0.468 e. The summed E-state index contributed by atoms with van der Waals surface area (Å²) in [6.45, 7) is 3.92. The first kappa shape index (κ1) is 14.7. The highest BCUT2D eigenvalue weighted by molar-refractivity contribution is 5.96. The third-order valence-electron chi connectivity index (χ3n) is 3.81. The number of carbonyl (C=O) groups is 3. The molecule has 0 saturated heterocycles. The fraction of sp³-hybridized carbons (Fsp3) is 0.769. The molecule has 0 heterocycles. The molecule has 0 N–H and O–H groups in total. The molecule has 5 heteroatoms. The van der Waals surface area contributed by atoms with E-state index in [-0.39, 0.29) is 23.5 Å². The topological polar surface area (TPSA) is 69.7 Å². The van der Waals surface area contributed by atoms with Crippen molar-refractivity contribution in [2.45, 2.75) is 33.1 Å². The molecule has 0 aromatic rings. The van der Waals surface area contributed by atoms with Gasteiger partial charge in [-0.3, -0.25) is 14.4 Å². The summed E-state index contributed by atoms with van der Waals surface area (Å²) in [7, 11) is 2.46. The zero-order valence-electron chi connectivity index (χ0n) is 11.3. The lowest BCUT2D eigenvalue weighted by Crippen LogP contribution is -2.44. The molecular formula is C13H20O5. The van der Waals surface area contributed by atoms with Crippen LogP contribution in [0, 0.1) is 17.3 Å². The molecule has 1 fully saturated rings. The van der Waals surface area contributed by atoms with Crippen LogP contribution >= 0.6 is 0 Å². The smallest absolute Gasteiger partial charge is 0.320 e. The van der Waals surface area contributed by atoms with Crippen molar-refractivity contribution < 1.29 is 23.9 Å². The first-order valence-corrected chi connectivity index (χ1v) is 6.01. The van der Waals surface area contributed by atoms with Gasteiger partial charge in [-0.2, -0.15) is 0 Å². The number of Topliss-reactive ketones (excluding diaryl/α,β-unsaturated/α-hetero) is 1. The predicted molar refractivity (Wildman–Crippen MR) is 63.7 cm³/mol. The first-order valence-electron chi connectivity index (χ1n) is 6.01. The Labute approximate surface area is 107 Å². The Balaban J connectivity index is 3.05. The van der Waals surface area contributed by atoms with Crippen molar-refractivity contribution in [3.05, 3.63) is 0 Å². The summed E-state index contributed by atoms with van der Waals surface area (Å²) in [6, 6.07) is 0. The van der Waals surface area contributed by atoms with Crippen molar-refractivity contribution >= 4 is 17.7 Å². The zero-order valence-corrected chi connectivity index (χ0v) is 11.3. The summed E-state index contributed by atoms with van der Waals surface area (Å²) in [5.41, 5.74) is -0.263. The van der Waals surface area contributed by atoms with Crippen LogP contribution in [0.5, 0.6) is 0 Å². The van der Waals surface area contributed by atoms with Gasteiger partial charge in [-0.1, -0.05) is 13.8 Å². The maximum Gasteiger partial charge on any atom is 0.320 e. The molecule has 1 aliphatic carbocycles. The standard InChI is InChI=1S/C13H20O5/c1-13(2)6-5-8(14)7-9(13)10(11(15)17-3)12(16)18-4/h9-10H,5-7H2,1-4H3. The largest absolute Gasteiger partial charge is 0.468 e. The molecule has 0 aliphatic heterocycles. The van der Waals surface area contributed by atoms with Gasteiger partial charge < -0.3 is 9.47 Å². The number of esters is 2. The second-order valence-electron chi connectivity index (χ2n) is 5.36. The van der Waals surface area contributed by atoms with Crippen molar-refractivity contribution in [3.8, 4) is 0 Å². The van der Waals surface area contributed by atoms with Gasteiger partial charge in [0.05, 0.1) is 14.2 Å². The molecule has 0 bridgehead atoms. The van der Waals surface area contributed by atoms with Crippen LogP contribution in [0.4, 0.5) is 0 Å². The average molecular weight is 256 g/mol. The minimum atomic E-state index is -1.01. The van der Waals surface area contributed by atoms with E-state index >= 15 is 0 Å². The van der Waals surface area contributed by atoms with Crippen LogP contribution in [0.25, 0.3) is 0 Å². The van der Waals surface area contributed by atoms with Gasteiger partial charge in [-0.15, -0.1) is 0 Å². The third-order valence-corrected chi connectivity index (χ3v) is 3.81. The second-order valence-corrected chi connectivity index (χ2v) is 5.36. The normalized spacial score (nSPS) is 22.7. The van der Waals surface area contributed by atoms with Crippen LogP contribution in [0.1, 0.15) is 33.1 Å². The molecule has 0 spiro atoms. The SMILES string of the molecule is COC(=O)C(C(=O)OC)C1CC(=O)CCC1(C)C. The second kappa shape index (κ2) is 5.50. The van der Waals surface area contributed by atoms with Crippen LogP contribution in [-0.4, -0.2) is 31.9 Å². The zero-order chi connectivity index (χ0) is 13.9. The molecule has 5 nitrogen and oxygen atoms in total. The van der Waals surface area contributed by atoms with E-state index < -0.39 is 17.9 Å². The van der Waals surface area contributed by atoms with E-state index in [2.05, 4.69) is 9.47 Å². The molecule has 1 unspecified atom stereocenters. The van der Waals surface area contributed by atoms with E-state index in [1.807, 2.05) is 13.8 Å².